The van der Waals surface area contributed by atoms with Crippen LogP contribution < -0.4 is 5.63 Å². The van der Waals surface area contributed by atoms with E-state index < -0.39 is 17.4 Å². The Balaban J connectivity index is 1.89. The van der Waals surface area contributed by atoms with Gasteiger partial charge in [0, 0.05) is 24.5 Å². The average Bonchev–Trinajstić information content (AvgIpc) is 2.60. The van der Waals surface area contributed by atoms with Crippen LogP contribution in [-0.4, -0.2) is 11.9 Å². The van der Waals surface area contributed by atoms with Crippen LogP contribution in [0.3, 0.4) is 0 Å². The molecule has 0 fully saturated rings. The lowest BCUT2D eigenvalue weighted by atomic mass is 10.0. The van der Waals surface area contributed by atoms with Crippen LogP contribution in [0.5, 0.6) is 0 Å². The first-order chi connectivity index (χ1) is 12.8. The number of rotatable bonds is 5. The Labute approximate surface area is 155 Å². The van der Waals surface area contributed by atoms with Crippen molar-refractivity contribution in [2.75, 3.05) is 7.05 Å². The standard InChI is InChI=1S/C21H20F3NO2/c1-3-14-8-9-17-16(11-20(26)27-19(17)10-14)13-25(2)12-15-6-4-5-7-18(15)21(22,23)24/h4-11H,3,12-13H2,1-2H3. The third-order valence-corrected chi connectivity index (χ3v) is 4.51. The van der Waals surface area contributed by atoms with E-state index in [0.29, 0.717) is 12.1 Å². The van der Waals surface area contributed by atoms with Gasteiger partial charge >= 0.3 is 11.8 Å². The van der Waals surface area contributed by atoms with Crippen molar-refractivity contribution >= 4 is 11.0 Å². The summed E-state index contributed by atoms with van der Waals surface area (Å²) in [5, 5.41) is 0.794. The lowest BCUT2D eigenvalue weighted by Crippen LogP contribution is -2.21. The Morgan fingerprint density at radius 3 is 2.41 bits per heavy atom. The van der Waals surface area contributed by atoms with Gasteiger partial charge in [0.05, 0.1) is 5.56 Å². The van der Waals surface area contributed by atoms with Gasteiger partial charge in [0.15, 0.2) is 0 Å². The number of halogens is 3. The van der Waals surface area contributed by atoms with Gasteiger partial charge in [0.1, 0.15) is 5.58 Å². The smallest absolute Gasteiger partial charge is 0.416 e. The molecule has 27 heavy (non-hydrogen) atoms. The second kappa shape index (κ2) is 7.56. The summed E-state index contributed by atoms with van der Waals surface area (Å²) < 4.78 is 44.8. The molecule has 0 aliphatic rings. The molecule has 0 spiro atoms. The van der Waals surface area contributed by atoms with E-state index in [0.717, 1.165) is 29.0 Å². The summed E-state index contributed by atoms with van der Waals surface area (Å²) >= 11 is 0. The van der Waals surface area contributed by atoms with E-state index >= 15 is 0 Å². The van der Waals surface area contributed by atoms with Gasteiger partial charge < -0.3 is 4.42 Å². The van der Waals surface area contributed by atoms with E-state index in [-0.39, 0.29) is 12.1 Å². The van der Waals surface area contributed by atoms with Crippen molar-refractivity contribution in [1.82, 2.24) is 4.90 Å². The van der Waals surface area contributed by atoms with E-state index in [1.807, 2.05) is 25.1 Å². The van der Waals surface area contributed by atoms with E-state index in [9.17, 15) is 18.0 Å². The van der Waals surface area contributed by atoms with Gasteiger partial charge in [-0.3, -0.25) is 4.90 Å². The van der Waals surface area contributed by atoms with Crippen LogP contribution >= 0.6 is 0 Å². The van der Waals surface area contributed by atoms with Gasteiger partial charge in [-0.2, -0.15) is 13.2 Å². The molecule has 0 saturated carbocycles. The van der Waals surface area contributed by atoms with Crippen LogP contribution in [0.4, 0.5) is 13.2 Å². The number of nitrogens with zero attached hydrogens (tertiary/aromatic N) is 1. The molecule has 3 nitrogen and oxygen atoms in total. The molecule has 0 saturated heterocycles. The molecule has 1 heterocycles. The number of hydrogen-bond acceptors (Lipinski definition) is 3. The fraction of sp³-hybridized carbons (Fsp3) is 0.286. The Morgan fingerprint density at radius 2 is 1.70 bits per heavy atom. The molecule has 0 unspecified atom stereocenters. The summed E-state index contributed by atoms with van der Waals surface area (Å²) in [5.41, 5.74) is 1.39. The number of benzene rings is 2. The minimum atomic E-state index is -4.39. The maximum Gasteiger partial charge on any atom is 0.416 e. The van der Waals surface area contributed by atoms with E-state index in [4.69, 9.17) is 4.42 Å². The normalized spacial score (nSPS) is 12.1. The SMILES string of the molecule is CCc1ccc2c(CN(C)Cc3ccccc3C(F)(F)F)cc(=O)oc2c1. The topological polar surface area (TPSA) is 33.5 Å². The van der Waals surface area contributed by atoms with Crippen molar-refractivity contribution in [3.8, 4) is 0 Å². The van der Waals surface area contributed by atoms with Crippen molar-refractivity contribution in [2.45, 2.75) is 32.6 Å². The third kappa shape index (κ3) is 4.39. The zero-order valence-corrected chi connectivity index (χ0v) is 15.1. The molecule has 0 aliphatic heterocycles. The summed E-state index contributed by atoms with van der Waals surface area (Å²) in [7, 11) is 1.73. The van der Waals surface area contributed by atoms with Gasteiger partial charge in [0.2, 0.25) is 0 Å². The molecule has 142 valence electrons. The first-order valence-electron chi connectivity index (χ1n) is 8.67. The zero-order chi connectivity index (χ0) is 19.6. The van der Waals surface area contributed by atoms with E-state index in [1.165, 1.54) is 18.2 Å². The van der Waals surface area contributed by atoms with Gasteiger partial charge in [-0.15, -0.1) is 0 Å². The number of fused-ring (bicyclic) bond motifs is 1. The highest BCUT2D eigenvalue weighted by atomic mass is 19.4. The molecule has 0 atom stereocenters. The summed E-state index contributed by atoms with van der Waals surface area (Å²) in [6.07, 6.45) is -3.58. The summed E-state index contributed by atoms with van der Waals surface area (Å²) in [4.78, 5) is 13.7. The number of aryl methyl sites for hydroxylation is 1. The average molecular weight is 375 g/mol. The lowest BCUT2D eigenvalue weighted by molar-refractivity contribution is -0.138. The number of hydrogen-bond donors (Lipinski definition) is 0. The third-order valence-electron chi connectivity index (χ3n) is 4.51. The van der Waals surface area contributed by atoms with Crippen LogP contribution in [0.25, 0.3) is 11.0 Å². The lowest BCUT2D eigenvalue weighted by Gasteiger charge is -2.20. The molecule has 2 aromatic carbocycles. The molecule has 0 radical (unpaired) electrons. The Hall–Kier alpha value is -2.60. The van der Waals surface area contributed by atoms with Crippen molar-refractivity contribution in [3.05, 3.63) is 81.2 Å². The number of alkyl halides is 3. The second-order valence-electron chi connectivity index (χ2n) is 6.60. The molecule has 3 rings (SSSR count). The van der Waals surface area contributed by atoms with Crippen LogP contribution in [0.1, 0.15) is 29.2 Å². The van der Waals surface area contributed by atoms with Crippen molar-refractivity contribution < 1.29 is 17.6 Å². The second-order valence-corrected chi connectivity index (χ2v) is 6.60. The van der Waals surface area contributed by atoms with E-state index in [1.54, 1.807) is 18.0 Å². The van der Waals surface area contributed by atoms with Crippen molar-refractivity contribution in [2.24, 2.45) is 0 Å². The highest BCUT2D eigenvalue weighted by molar-refractivity contribution is 5.80. The fourth-order valence-electron chi connectivity index (χ4n) is 3.20. The predicted molar refractivity (Wildman–Crippen MR) is 98.5 cm³/mol. The van der Waals surface area contributed by atoms with Crippen LogP contribution in [0.15, 0.2) is 57.7 Å². The van der Waals surface area contributed by atoms with Crippen LogP contribution in [0, 0.1) is 0 Å². The van der Waals surface area contributed by atoms with E-state index in [2.05, 4.69) is 0 Å². The van der Waals surface area contributed by atoms with Crippen LogP contribution in [-0.2, 0) is 25.7 Å². The van der Waals surface area contributed by atoms with Gasteiger partial charge in [-0.1, -0.05) is 37.3 Å². The first kappa shape index (κ1) is 19.2. The Morgan fingerprint density at radius 1 is 1.00 bits per heavy atom. The quantitative estimate of drug-likeness (QED) is 0.588. The summed E-state index contributed by atoms with van der Waals surface area (Å²) in [6, 6.07) is 12.6. The van der Waals surface area contributed by atoms with Gasteiger partial charge in [-0.25, -0.2) is 4.79 Å². The molecule has 0 bridgehead atoms. The van der Waals surface area contributed by atoms with Crippen LogP contribution in [0.2, 0.25) is 0 Å². The fourth-order valence-corrected chi connectivity index (χ4v) is 3.20. The highest BCUT2D eigenvalue weighted by Gasteiger charge is 2.33. The van der Waals surface area contributed by atoms with Gasteiger partial charge in [0.25, 0.3) is 0 Å². The molecule has 0 N–H and O–H groups in total. The molecule has 1 aromatic heterocycles. The minimum absolute atomic E-state index is 0.116. The maximum atomic E-state index is 13.2. The largest absolute Gasteiger partial charge is 0.423 e. The molecule has 0 aliphatic carbocycles. The minimum Gasteiger partial charge on any atom is -0.423 e. The predicted octanol–water partition coefficient (Wildman–Crippen LogP) is 5.01. The molecular weight excluding hydrogens is 355 g/mol. The first-order valence-corrected chi connectivity index (χ1v) is 8.67. The Kier molecular flexibility index (Phi) is 5.37. The van der Waals surface area contributed by atoms with Crippen molar-refractivity contribution in [1.29, 1.82) is 0 Å². The molecular formula is C21H20F3NO2. The molecule has 6 heteroatoms. The summed E-state index contributed by atoms with van der Waals surface area (Å²) in [5.74, 6) is 0. The monoisotopic (exact) mass is 375 g/mol. The maximum absolute atomic E-state index is 13.2. The van der Waals surface area contributed by atoms with Crippen molar-refractivity contribution in [3.63, 3.8) is 0 Å². The molecule has 0 amide bonds. The summed E-state index contributed by atoms with van der Waals surface area (Å²) in [6.45, 7) is 2.46. The highest BCUT2D eigenvalue weighted by Crippen LogP contribution is 2.32. The Bertz CT molecular complexity index is 1010. The van der Waals surface area contributed by atoms with Gasteiger partial charge in [-0.05, 0) is 42.3 Å². The molecule has 3 aromatic rings. The zero-order valence-electron chi connectivity index (χ0n) is 15.1.